The van der Waals surface area contributed by atoms with Gasteiger partial charge in [0.25, 0.3) is 0 Å². The Balaban J connectivity index is 1.59. The number of aromatic nitrogens is 1. The normalized spacial score (nSPS) is 11.4. The van der Waals surface area contributed by atoms with Gasteiger partial charge in [-0.3, -0.25) is 0 Å². The van der Waals surface area contributed by atoms with Crippen molar-refractivity contribution in [3.8, 4) is 5.75 Å². The Morgan fingerprint density at radius 2 is 1.88 bits per heavy atom. The molecule has 3 nitrogen and oxygen atoms in total. The van der Waals surface area contributed by atoms with Crippen LogP contribution in [-0.4, -0.2) is 36.1 Å². The van der Waals surface area contributed by atoms with Gasteiger partial charge in [-0.05, 0) is 49.0 Å². The van der Waals surface area contributed by atoms with Crippen molar-refractivity contribution in [3.05, 3.63) is 53.1 Å². The zero-order chi connectivity index (χ0) is 18.4. The van der Waals surface area contributed by atoms with Gasteiger partial charge < -0.3 is 9.64 Å². The van der Waals surface area contributed by atoms with E-state index in [9.17, 15) is 0 Å². The number of likely N-dealkylation sites (N-methyl/N-ethyl adjacent to an activating group) is 1. The van der Waals surface area contributed by atoms with Crippen molar-refractivity contribution in [1.29, 1.82) is 0 Å². The molecule has 0 unspecified atom stereocenters. The Morgan fingerprint density at radius 3 is 2.62 bits per heavy atom. The second kappa shape index (κ2) is 9.60. The Labute approximate surface area is 168 Å². The van der Waals surface area contributed by atoms with Crippen molar-refractivity contribution in [2.24, 2.45) is 0 Å². The number of fused-ring (bicyclic) bond motifs is 1. The van der Waals surface area contributed by atoms with Gasteiger partial charge in [-0.25, -0.2) is 4.98 Å². The van der Waals surface area contributed by atoms with Gasteiger partial charge in [0.05, 0.1) is 10.2 Å². The monoisotopic (exact) mass is 406 g/mol. The first-order valence-corrected chi connectivity index (χ1v) is 11.0. The van der Waals surface area contributed by atoms with Crippen LogP contribution in [0.5, 0.6) is 5.75 Å². The van der Waals surface area contributed by atoms with E-state index in [0.29, 0.717) is 6.61 Å². The lowest BCUT2D eigenvalue weighted by molar-refractivity contribution is 0.223. The van der Waals surface area contributed by atoms with Gasteiger partial charge in [0, 0.05) is 17.3 Å². The van der Waals surface area contributed by atoms with Gasteiger partial charge in [-0.15, -0.1) is 11.3 Å². The fourth-order valence-corrected chi connectivity index (χ4v) is 4.77. The number of benzene rings is 2. The molecule has 0 N–H and O–H groups in total. The molecule has 1 aromatic heterocycles. The molecule has 0 bridgehead atoms. The zero-order valence-electron chi connectivity index (χ0n) is 15.1. The standard InChI is InChI=1S/C20H23ClN2OS2/c1-3-23(4-2)11-12-24-17-9-10-18-19(13-17)26-20(22-18)25-14-15-5-7-16(21)8-6-15/h5-10,13H,3-4,11-12,14H2,1-2H3. The van der Waals surface area contributed by atoms with Crippen LogP contribution in [0.25, 0.3) is 10.2 Å². The van der Waals surface area contributed by atoms with Crippen molar-refractivity contribution in [1.82, 2.24) is 9.88 Å². The zero-order valence-corrected chi connectivity index (χ0v) is 17.5. The van der Waals surface area contributed by atoms with Crippen molar-refractivity contribution in [3.63, 3.8) is 0 Å². The highest BCUT2D eigenvalue weighted by atomic mass is 35.5. The molecular weight excluding hydrogens is 384 g/mol. The van der Waals surface area contributed by atoms with Crippen LogP contribution >= 0.6 is 34.7 Å². The van der Waals surface area contributed by atoms with Gasteiger partial charge in [0.2, 0.25) is 0 Å². The third kappa shape index (κ3) is 5.36. The molecule has 26 heavy (non-hydrogen) atoms. The number of ether oxygens (including phenoxy) is 1. The smallest absolute Gasteiger partial charge is 0.151 e. The Kier molecular flexibility index (Phi) is 7.20. The second-order valence-electron chi connectivity index (χ2n) is 5.90. The first kappa shape index (κ1) is 19.5. The molecule has 0 aliphatic carbocycles. The molecule has 0 atom stereocenters. The minimum Gasteiger partial charge on any atom is -0.492 e. The van der Waals surface area contributed by atoms with E-state index in [0.717, 1.165) is 46.0 Å². The van der Waals surface area contributed by atoms with Gasteiger partial charge in [0.1, 0.15) is 12.4 Å². The maximum Gasteiger partial charge on any atom is 0.151 e. The largest absolute Gasteiger partial charge is 0.492 e. The van der Waals surface area contributed by atoms with Crippen LogP contribution in [-0.2, 0) is 5.75 Å². The molecule has 0 saturated carbocycles. The third-order valence-electron chi connectivity index (χ3n) is 4.19. The molecule has 3 rings (SSSR count). The second-order valence-corrected chi connectivity index (χ2v) is 8.59. The first-order chi connectivity index (χ1) is 12.7. The highest BCUT2D eigenvalue weighted by Gasteiger charge is 2.07. The van der Waals surface area contributed by atoms with Crippen LogP contribution in [0.2, 0.25) is 5.02 Å². The SMILES string of the molecule is CCN(CC)CCOc1ccc2nc(SCc3ccc(Cl)cc3)sc2c1. The summed E-state index contributed by atoms with van der Waals surface area (Å²) in [5.74, 6) is 1.81. The number of rotatable bonds is 9. The number of hydrogen-bond acceptors (Lipinski definition) is 5. The molecule has 0 amide bonds. The van der Waals surface area contributed by atoms with Crippen LogP contribution < -0.4 is 4.74 Å². The van der Waals surface area contributed by atoms with Crippen molar-refractivity contribution in [2.75, 3.05) is 26.2 Å². The topological polar surface area (TPSA) is 25.4 Å². The Bertz CT molecular complexity index is 831. The van der Waals surface area contributed by atoms with Crippen molar-refractivity contribution >= 4 is 44.9 Å². The molecule has 0 radical (unpaired) electrons. The summed E-state index contributed by atoms with van der Waals surface area (Å²) in [4.78, 5) is 7.07. The number of nitrogens with zero attached hydrogens (tertiary/aromatic N) is 2. The quantitative estimate of drug-likeness (QED) is 0.409. The third-order valence-corrected chi connectivity index (χ3v) is 6.67. The first-order valence-electron chi connectivity index (χ1n) is 8.81. The van der Waals surface area contributed by atoms with Crippen LogP contribution in [0.15, 0.2) is 46.8 Å². The summed E-state index contributed by atoms with van der Waals surface area (Å²) in [7, 11) is 0. The Hall–Kier alpha value is -1.27. The molecule has 0 spiro atoms. The molecule has 3 aromatic rings. The number of thiazole rings is 1. The number of thioether (sulfide) groups is 1. The van der Waals surface area contributed by atoms with Gasteiger partial charge >= 0.3 is 0 Å². The minimum absolute atomic E-state index is 0.712. The fraction of sp³-hybridized carbons (Fsp3) is 0.350. The highest BCUT2D eigenvalue weighted by Crippen LogP contribution is 2.33. The van der Waals surface area contributed by atoms with Gasteiger partial charge in [-0.1, -0.05) is 49.3 Å². The molecule has 138 valence electrons. The van der Waals surface area contributed by atoms with Gasteiger partial charge in [-0.2, -0.15) is 0 Å². The van der Waals surface area contributed by atoms with E-state index < -0.39 is 0 Å². The average Bonchev–Trinajstić information content (AvgIpc) is 3.07. The molecular formula is C20H23ClN2OS2. The summed E-state index contributed by atoms with van der Waals surface area (Å²) >= 11 is 9.41. The summed E-state index contributed by atoms with van der Waals surface area (Å²) in [6.07, 6.45) is 0. The van der Waals surface area contributed by atoms with Crippen molar-refractivity contribution in [2.45, 2.75) is 23.9 Å². The lowest BCUT2D eigenvalue weighted by Gasteiger charge is -2.17. The predicted molar refractivity (Wildman–Crippen MR) is 114 cm³/mol. The molecule has 6 heteroatoms. The molecule has 0 fully saturated rings. The highest BCUT2D eigenvalue weighted by molar-refractivity contribution is 8.00. The van der Waals surface area contributed by atoms with Crippen LogP contribution in [0, 0.1) is 0 Å². The maximum atomic E-state index is 5.94. The summed E-state index contributed by atoms with van der Waals surface area (Å²) in [5.41, 5.74) is 2.28. The summed E-state index contributed by atoms with van der Waals surface area (Å²) in [6, 6.07) is 14.1. The number of hydrogen-bond donors (Lipinski definition) is 0. The summed E-state index contributed by atoms with van der Waals surface area (Å²) in [6.45, 7) is 8.14. The molecule has 0 aliphatic rings. The van der Waals surface area contributed by atoms with E-state index in [4.69, 9.17) is 21.3 Å². The Morgan fingerprint density at radius 1 is 1.12 bits per heavy atom. The molecule has 2 aromatic carbocycles. The van der Waals surface area contributed by atoms with E-state index in [2.05, 4.69) is 36.9 Å². The maximum absolute atomic E-state index is 5.94. The molecule has 1 heterocycles. The lowest BCUT2D eigenvalue weighted by atomic mass is 10.2. The van der Waals surface area contributed by atoms with Gasteiger partial charge in [0.15, 0.2) is 4.34 Å². The summed E-state index contributed by atoms with van der Waals surface area (Å²) in [5, 5.41) is 0.771. The van der Waals surface area contributed by atoms with E-state index in [1.807, 2.05) is 24.3 Å². The fourth-order valence-electron chi connectivity index (χ4n) is 2.59. The van der Waals surface area contributed by atoms with Crippen LogP contribution in [0.3, 0.4) is 0 Å². The predicted octanol–water partition coefficient (Wildman–Crippen LogP) is 5.96. The average molecular weight is 407 g/mol. The van der Waals surface area contributed by atoms with Crippen LogP contribution in [0.4, 0.5) is 0 Å². The van der Waals surface area contributed by atoms with E-state index in [1.165, 1.54) is 10.3 Å². The van der Waals surface area contributed by atoms with Crippen LogP contribution in [0.1, 0.15) is 19.4 Å². The van der Waals surface area contributed by atoms with Crippen molar-refractivity contribution < 1.29 is 4.74 Å². The molecule has 0 aliphatic heterocycles. The minimum atomic E-state index is 0.712. The lowest BCUT2D eigenvalue weighted by Crippen LogP contribution is -2.27. The summed E-state index contributed by atoms with van der Waals surface area (Å²) < 4.78 is 8.17. The van der Waals surface area contributed by atoms with E-state index in [-0.39, 0.29) is 0 Å². The van der Waals surface area contributed by atoms with E-state index in [1.54, 1.807) is 23.1 Å². The molecule has 0 saturated heterocycles. The van der Waals surface area contributed by atoms with E-state index >= 15 is 0 Å². The number of halogens is 1.